The van der Waals surface area contributed by atoms with Gasteiger partial charge in [0.15, 0.2) is 5.16 Å². The summed E-state index contributed by atoms with van der Waals surface area (Å²) < 4.78 is 0. The first-order valence-electron chi connectivity index (χ1n) is 10.3. The number of carboxylic acid groups (broad SMARTS) is 1. The molecule has 5 rings (SSSR count). The fraction of sp³-hybridized carbons (Fsp3) is 0.273. The Hall–Kier alpha value is -2.88. The van der Waals surface area contributed by atoms with E-state index >= 15 is 0 Å². The Morgan fingerprint density at radius 2 is 2.22 bits per heavy atom. The quantitative estimate of drug-likeness (QED) is 0.374. The molecule has 1 fully saturated rings. The molecule has 0 saturated carbocycles. The van der Waals surface area contributed by atoms with Crippen molar-refractivity contribution in [3.05, 3.63) is 46.7 Å². The average Bonchev–Trinajstić information content (AvgIpc) is 3.35. The number of fused-ring (bicyclic) bond motifs is 2. The highest BCUT2D eigenvalue weighted by Crippen LogP contribution is 2.37. The number of carboxylic acids is 1. The van der Waals surface area contributed by atoms with E-state index in [1.54, 1.807) is 6.07 Å². The molecule has 0 radical (unpaired) electrons. The molecule has 10 heteroatoms. The number of carbonyl (C=O) groups is 1. The van der Waals surface area contributed by atoms with Gasteiger partial charge in [-0.1, -0.05) is 24.6 Å². The number of benzene rings is 1. The molecular weight excluding hydrogens is 448 g/mol. The lowest BCUT2D eigenvalue weighted by molar-refractivity contribution is 0.0696. The predicted molar refractivity (Wildman–Crippen MR) is 126 cm³/mol. The van der Waals surface area contributed by atoms with Crippen molar-refractivity contribution >= 4 is 57.1 Å². The van der Waals surface area contributed by atoms with Crippen molar-refractivity contribution in [2.24, 2.45) is 5.73 Å². The molecule has 0 spiro atoms. The number of aromatic amines is 1. The molecule has 4 heterocycles. The molecule has 1 aliphatic rings. The number of nitrogens with one attached hydrogen (secondary N) is 1. The number of pyridine rings is 1. The van der Waals surface area contributed by atoms with Gasteiger partial charge in [-0.25, -0.2) is 14.8 Å². The van der Waals surface area contributed by atoms with Gasteiger partial charge in [0.1, 0.15) is 11.5 Å². The average molecular weight is 469 g/mol. The third-order valence-electron chi connectivity index (χ3n) is 5.61. The molecule has 0 amide bonds. The molecule has 1 atom stereocenters. The van der Waals surface area contributed by atoms with E-state index in [-0.39, 0.29) is 11.6 Å². The lowest BCUT2D eigenvalue weighted by atomic mass is 10.1. The number of hydrogen-bond acceptors (Lipinski definition) is 7. The highest BCUT2D eigenvalue weighted by molar-refractivity contribution is 7.99. The third kappa shape index (κ3) is 3.76. The summed E-state index contributed by atoms with van der Waals surface area (Å²) in [6.45, 7) is 3.60. The second-order valence-corrected chi connectivity index (χ2v) is 9.22. The number of anilines is 1. The van der Waals surface area contributed by atoms with Crippen molar-refractivity contribution < 1.29 is 9.90 Å². The van der Waals surface area contributed by atoms with Crippen molar-refractivity contribution in [1.29, 1.82) is 0 Å². The zero-order valence-electron chi connectivity index (χ0n) is 17.3. The van der Waals surface area contributed by atoms with E-state index in [1.807, 2.05) is 25.1 Å². The molecule has 0 unspecified atom stereocenters. The van der Waals surface area contributed by atoms with Gasteiger partial charge in [0.05, 0.1) is 21.5 Å². The highest BCUT2D eigenvalue weighted by Gasteiger charge is 2.26. The van der Waals surface area contributed by atoms with Gasteiger partial charge < -0.3 is 20.7 Å². The topological polar surface area (TPSA) is 121 Å². The summed E-state index contributed by atoms with van der Waals surface area (Å²) in [5.74, 6) is -0.193. The first-order valence-corrected chi connectivity index (χ1v) is 11.5. The molecule has 1 saturated heterocycles. The summed E-state index contributed by atoms with van der Waals surface area (Å²) >= 11 is 8.09. The highest BCUT2D eigenvalue weighted by atomic mass is 35.5. The van der Waals surface area contributed by atoms with Crippen LogP contribution in [-0.4, -0.2) is 50.1 Å². The number of H-pyrrole nitrogens is 1. The SMILES string of the molecule is CCc1[nH]c2nc(Sc3ccc4cc(C(=O)O)cnc4c3)nc(N3CC[C@@H](N)C3)c2c1Cl. The van der Waals surface area contributed by atoms with Crippen LogP contribution in [0, 0.1) is 0 Å². The number of aromatic carboxylic acids is 1. The maximum absolute atomic E-state index is 11.2. The predicted octanol–water partition coefficient (Wildman–Crippen LogP) is 4.11. The summed E-state index contributed by atoms with van der Waals surface area (Å²) in [5.41, 5.74) is 8.67. The number of nitrogens with zero attached hydrogens (tertiary/aromatic N) is 4. The first kappa shape index (κ1) is 21.0. The number of hydrogen-bond donors (Lipinski definition) is 3. The number of nitrogens with two attached hydrogens (primary N) is 1. The molecule has 8 nitrogen and oxygen atoms in total. The van der Waals surface area contributed by atoms with Crippen molar-refractivity contribution in [2.75, 3.05) is 18.0 Å². The van der Waals surface area contributed by atoms with Crippen molar-refractivity contribution in [3.63, 3.8) is 0 Å². The molecule has 32 heavy (non-hydrogen) atoms. The Morgan fingerprint density at radius 1 is 1.38 bits per heavy atom. The van der Waals surface area contributed by atoms with Gasteiger partial charge in [-0.2, -0.15) is 0 Å². The molecule has 1 aromatic carbocycles. The number of halogens is 1. The molecular formula is C22H21ClN6O2S. The van der Waals surface area contributed by atoms with Gasteiger partial charge in [-0.3, -0.25) is 4.98 Å². The number of aromatic nitrogens is 4. The lowest BCUT2D eigenvalue weighted by Crippen LogP contribution is -2.27. The minimum absolute atomic E-state index is 0.113. The van der Waals surface area contributed by atoms with E-state index in [0.717, 1.165) is 53.1 Å². The minimum atomic E-state index is -0.996. The molecule has 3 aromatic heterocycles. The van der Waals surface area contributed by atoms with Gasteiger partial charge in [-0.05, 0) is 42.8 Å². The second kappa shape index (κ2) is 8.23. The Labute approximate surface area is 193 Å². The zero-order chi connectivity index (χ0) is 22.4. The van der Waals surface area contributed by atoms with Crippen LogP contribution in [0.3, 0.4) is 0 Å². The molecule has 1 aliphatic heterocycles. The fourth-order valence-electron chi connectivity index (χ4n) is 3.96. The fourth-order valence-corrected chi connectivity index (χ4v) is 5.10. The van der Waals surface area contributed by atoms with Gasteiger partial charge in [0.2, 0.25) is 0 Å². The van der Waals surface area contributed by atoms with Crippen molar-refractivity contribution in [3.8, 4) is 0 Å². The van der Waals surface area contributed by atoms with Crippen LogP contribution in [0.2, 0.25) is 5.02 Å². The summed E-state index contributed by atoms with van der Waals surface area (Å²) in [5, 5.41) is 12.0. The Balaban J connectivity index is 1.55. The number of aryl methyl sites for hydroxylation is 1. The van der Waals surface area contributed by atoms with Crippen LogP contribution in [-0.2, 0) is 6.42 Å². The monoisotopic (exact) mass is 468 g/mol. The molecule has 164 valence electrons. The van der Waals surface area contributed by atoms with Crippen LogP contribution < -0.4 is 10.6 Å². The largest absolute Gasteiger partial charge is 0.478 e. The smallest absolute Gasteiger partial charge is 0.337 e. The lowest BCUT2D eigenvalue weighted by Gasteiger charge is -2.18. The molecule has 0 aliphatic carbocycles. The van der Waals surface area contributed by atoms with Crippen LogP contribution >= 0.6 is 23.4 Å². The maximum Gasteiger partial charge on any atom is 0.337 e. The van der Waals surface area contributed by atoms with Crippen LogP contribution in [0.4, 0.5) is 5.82 Å². The van der Waals surface area contributed by atoms with E-state index in [9.17, 15) is 4.79 Å². The normalized spacial score (nSPS) is 16.3. The Bertz CT molecular complexity index is 1360. The third-order valence-corrected chi connectivity index (χ3v) is 6.88. The summed E-state index contributed by atoms with van der Waals surface area (Å²) in [7, 11) is 0. The van der Waals surface area contributed by atoms with Crippen LogP contribution in [0.25, 0.3) is 21.9 Å². The molecule has 4 N–H and O–H groups in total. The van der Waals surface area contributed by atoms with Crippen LogP contribution in [0.1, 0.15) is 29.4 Å². The van der Waals surface area contributed by atoms with E-state index < -0.39 is 5.97 Å². The minimum Gasteiger partial charge on any atom is -0.478 e. The van der Waals surface area contributed by atoms with E-state index in [0.29, 0.717) is 21.3 Å². The first-order chi connectivity index (χ1) is 15.4. The van der Waals surface area contributed by atoms with E-state index in [2.05, 4.69) is 14.9 Å². The number of rotatable bonds is 5. The van der Waals surface area contributed by atoms with Crippen molar-refractivity contribution in [1.82, 2.24) is 19.9 Å². The van der Waals surface area contributed by atoms with Gasteiger partial charge in [0, 0.05) is 41.3 Å². The summed E-state index contributed by atoms with van der Waals surface area (Å²) in [4.78, 5) is 31.5. The van der Waals surface area contributed by atoms with Crippen molar-refractivity contribution in [2.45, 2.75) is 35.9 Å². The van der Waals surface area contributed by atoms with Crippen LogP contribution in [0.5, 0.6) is 0 Å². The Kier molecular flexibility index (Phi) is 5.40. The van der Waals surface area contributed by atoms with Crippen LogP contribution in [0.15, 0.2) is 40.5 Å². The van der Waals surface area contributed by atoms with Gasteiger partial charge in [0.25, 0.3) is 0 Å². The second-order valence-electron chi connectivity index (χ2n) is 7.80. The maximum atomic E-state index is 11.2. The zero-order valence-corrected chi connectivity index (χ0v) is 18.9. The summed E-state index contributed by atoms with van der Waals surface area (Å²) in [6, 6.07) is 7.41. The van der Waals surface area contributed by atoms with E-state index in [1.165, 1.54) is 18.0 Å². The van der Waals surface area contributed by atoms with E-state index in [4.69, 9.17) is 32.4 Å². The van der Waals surface area contributed by atoms with Gasteiger partial charge in [-0.15, -0.1) is 0 Å². The molecule has 0 bridgehead atoms. The van der Waals surface area contributed by atoms with Gasteiger partial charge >= 0.3 is 5.97 Å². The molecule has 4 aromatic rings. The standard InChI is InChI=1S/C22H21ClN6O2S/c1-2-15-18(23)17-19(26-15)27-22(28-20(17)29-6-5-13(24)10-29)32-14-4-3-11-7-12(21(30)31)9-25-16(11)8-14/h3-4,7-9,13H,2,5-6,10,24H2,1H3,(H,30,31)(H,26,27,28)/t13-/m1/s1. The Morgan fingerprint density at radius 3 is 2.94 bits per heavy atom. The summed E-state index contributed by atoms with van der Waals surface area (Å²) in [6.07, 6.45) is 3.04.